The standard InChI is InChI=1S/C11H11BrO5/c1-11(17)5-4-6(9(13)14)2-3-7(8(11)12)10(15)16/h2-4,17H,5H2,1H3,(H,13,14)(H,15,16). The van der Waals surface area contributed by atoms with Crippen molar-refractivity contribution in [1.29, 1.82) is 0 Å². The molecule has 0 aliphatic heterocycles. The van der Waals surface area contributed by atoms with Crippen molar-refractivity contribution < 1.29 is 24.9 Å². The van der Waals surface area contributed by atoms with Gasteiger partial charge in [0.1, 0.15) is 0 Å². The molecule has 0 aromatic carbocycles. The van der Waals surface area contributed by atoms with Crippen molar-refractivity contribution in [2.24, 2.45) is 0 Å². The van der Waals surface area contributed by atoms with Crippen LogP contribution in [0.3, 0.4) is 0 Å². The number of carboxylic acids is 2. The molecule has 0 amide bonds. The SMILES string of the molecule is CC1(O)CC=C(C(=O)O)C=CC(C(=O)O)=C1Br. The van der Waals surface area contributed by atoms with Gasteiger partial charge >= 0.3 is 11.9 Å². The Balaban J connectivity index is 3.34. The zero-order valence-electron chi connectivity index (χ0n) is 8.98. The normalized spacial score (nSPS) is 25.0. The summed E-state index contributed by atoms with van der Waals surface area (Å²) in [5.74, 6) is -2.40. The van der Waals surface area contributed by atoms with Gasteiger partial charge in [0.25, 0.3) is 0 Å². The lowest BCUT2D eigenvalue weighted by molar-refractivity contribution is -0.133. The predicted molar refractivity (Wildman–Crippen MR) is 63.7 cm³/mol. The van der Waals surface area contributed by atoms with Crippen LogP contribution >= 0.6 is 15.9 Å². The number of aliphatic hydroxyl groups is 1. The summed E-state index contributed by atoms with van der Waals surface area (Å²) >= 11 is 3.04. The summed E-state index contributed by atoms with van der Waals surface area (Å²) in [5.41, 5.74) is -1.66. The average Bonchev–Trinajstić information content (AvgIpc) is 2.19. The second kappa shape index (κ2) is 4.85. The Morgan fingerprint density at radius 3 is 2.35 bits per heavy atom. The van der Waals surface area contributed by atoms with Crippen LogP contribution in [0.1, 0.15) is 13.3 Å². The quantitative estimate of drug-likeness (QED) is 0.717. The maximum absolute atomic E-state index is 11.0. The monoisotopic (exact) mass is 302 g/mol. The average molecular weight is 303 g/mol. The lowest BCUT2D eigenvalue weighted by Gasteiger charge is -2.24. The Morgan fingerprint density at radius 1 is 1.29 bits per heavy atom. The highest BCUT2D eigenvalue weighted by atomic mass is 79.9. The third-order valence-corrected chi connectivity index (χ3v) is 3.62. The molecule has 1 aliphatic rings. The van der Waals surface area contributed by atoms with Gasteiger partial charge in [-0.05, 0) is 25.5 Å². The van der Waals surface area contributed by atoms with E-state index in [-0.39, 0.29) is 22.0 Å². The highest BCUT2D eigenvalue weighted by molar-refractivity contribution is 9.11. The van der Waals surface area contributed by atoms with Crippen molar-refractivity contribution in [2.75, 3.05) is 0 Å². The molecule has 92 valence electrons. The van der Waals surface area contributed by atoms with Gasteiger partial charge in [0.05, 0.1) is 16.7 Å². The van der Waals surface area contributed by atoms with E-state index in [1.165, 1.54) is 19.1 Å². The minimum absolute atomic E-state index is 0.0103. The number of carbonyl (C=O) groups is 2. The molecule has 0 bridgehead atoms. The molecule has 0 saturated heterocycles. The first-order valence-corrected chi connectivity index (χ1v) is 5.52. The molecular formula is C11H11BrO5. The summed E-state index contributed by atoms with van der Waals surface area (Å²) in [6.07, 6.45) is 3.71. The molecule has 3 N–H and O–H groups in total. The van der Waals surface area contributed by atoms with E-state index in [0.29, 0.717) is 0 Å². The van der Waals surface area contributed by atoms with Gasteiger partial charge in [-0.15, -0.1) is 0 Å². The molecule has 6 heteroatoms. The van der Waals surface area contributed by atoms with Gasteiger partial charge in [0.2, 0.25) is 0 Å². The van der Waals surface area contributed by atoms with E-state index in [2.05, 4.69) is 15.9 Å². The lowest BCUT2D eigenvalue weighted by atomic mass is 9.94. The number of halogens is 1. The number of hydrogen-bond donors (Lipinski definition) is 3. The Kier molecular flexibility index (Phi) is 3.90. The Hall–Kier alpha value is -1.40. The van der Waals surface area contributed by atoms with E-state index in [9.17, 15) is 14.7 Å². The summed E-state index contributed by atoms with van der Waals surface area (Å²) in [6, 6.07) is 0. The zero-order valence-corrected chi connectivity index (χ0v) is 10.6. The fourth-order valence-electron chi connectivity index (χ4n) is 1.33. The Morgan fingerprint density at radius 2 is 1.88 bits per heavy atom. The van der Waals surface area contributed by atoms with Crippen LogP contribution in [0.25, 0.3) is 0 Å². The van der Waals surface area contributed by atoms with Crippen molar-refractivity contribution in [3.05, 3.63) is 33.9 Å². The largest absolute Gasteiger partial charge is 0.478 e. The number of carboxylic acid groups (broad SMARTS) is 2. The van der Waals surface area contributed by atoms with Crippen molar-refractivity contribution in [1.82, 2.24) is 0 Å². The number of aliphatic carboxylic acids is 2. The molecule has 0 heterocycles. The number of rotatable bonds is 2. The first-order valence-electron chi connectivity index (χ1n) is 4.73. The molecule has 0 fully saturated rings. The van der Waals surface area contributed by atoms with Crippen LogP contribution in [0.4, 0.5) is 0 Å². The van der Waals surface area contributed by atoms with E-state index in [4.69, 9.17) is 10.2 Å². The summed E-state index contributed by atoms with van der Waals surface area (Å²) in [6.45, 7) is 1.41. The predicted octanol–water partition coefficient (Wildman–Crippen LogP) is 1.44. The molecule has 0 radical (unpaired) electrons. The van der Waals surface area contributed by atoms with Gasteiger partial charge in [-0.2, -0.15) is 0 Å². The molecule has 5 nitrogen and oxygen atoms in total. The van der Waals surface area contributed by atoms with Gasteiger partial charge in [-0.1, -0.05) is 22.0 Å². The molecule has 1 aliphatic carbocycles. The van der Waals surface area contributed by atoms with E-state index in [1.807, 2.05) is 0 Å². The Bertz CT molecular complexity index is 456. The zero-order chi connectivity index (χ0) is 13.2. The van der Waals surface area contributed by atoms with Crippen molar-refractivity contribution in [3.63, 3.8) is 0 Å². The Labute approximate surface area is 106 Å². The number of hydrogen-bond acceptors (Lipinski definition) is 3. The molecule has 1 rings (SSSR count). The van der Waals surface area contributed by atoms with Gasteiger partial charge < -0.3 is 15.3 Å². The summed E-state index contributed by atoms with van der Waals surface area (Å²) in [7, 11) is 0. The lowest BCUT2D eigenvalue weighted by Crippen LogP contribution is -2.26. The topological polar surface area (TPSA) is 94.8 Å². The smallest absolute Gasteiger partial charge is 0.336 e. The fourth-order valence-corrected chi connectivity index (χ4v) is 1.79. The van der Waals surface area contributed by atoms with Crippen LogP contribution < -0.4 is 0 Å². The van der Waals surface area contributed by atoms with E-state index in [0.717, 1.165) is 6.08 Å². The van der Waals surface area contributed by atoms with Crippen molar-refractivity contribution in [3.8, 4) is 0 Å². The molecule has 0 saturated carbocycles. The molecule has 0 aromatic heterocycles. The van der Waals surface area contributed by atoms with Crippen LogP contribution in [0.2, 0.25) is 0 Å². The molecule has 0 spiro atoms. The minimum atomic E-state index is -1.45. The highest BCUT2D eigenvalue weighted by Gasteiger charge is 2.29. The van der Waals surface area contributed by atoms with Gasteiger partial charge in [-0.25, -0.2) is 9.59 Å². The van der Waals surface area contributed by atoms with E-state index < -0.39 is 17.5 Å². The van der Waals surface area contributed by atoms with Crippen molar-refractivity contribution >= 4 is 27.9 Å². The van der Waals surface area contributed by atoms with Gasteiger partial charge in [-0.3, -0.25) is 0 Å². The van der Waals surface area contributed by atoms with E-state index in [1.54, 1.807) is 0 Å². The van der Waals surface area contributed by atoms with Crippen LogP contribution in [0, 0.1) is 0 Å². The maximum Gasteiger partial charge on any atom is 0.336 e. The first kappa shape index (κ1) is 13.7. The second-order valence-electron chi connectivity index (χ2n) is 3.81. The highest BCUT2D eigenvalue weighted by Crippen LogP contribution is 2.32. The van der Waals surface area contributed by atoms with Crippen LogP contribution in [0.15, 0.2) is 33.9 Å². The van der Waals surface area contributed by atoms with Gasteiger partial charge in [0, 0.05) is 4.48 Å². The summed E-state index contributed by atoms with van der Waals surface area (Å²) < 4.78 is 0.120. The summed E-state index contributed by atoms with van der Waals surface area (Å²) in [4.78, 5) is 21.8. The summed E-state index contributed by atoms with van der Waals surface area (Å²) in [5, 5.41) is 27.8. The van der Waals surface area contributed by atoms with Crippen LogP contribution in [0.5, 0.6) is 0 Å². The third-order valence-electron chi connectivity index (χ3n) is 2.34. The molecule has 17 heavy (non-hydrogen) atoms. The first-order chi connectivity index (χ1) is 7.75. The van der Waals surface area contributed by atoms with Crippen LogP contribution in [-0.4, -0.2) is 32.9 Å². The van der Waals surface area contributed by atoms with Crippen molar-refractivity contribution in [2.45, 2.75) is 18.9 Å². The molecule has 1 unspecified atom stereocenters. The molecule has 1 atom stereocenters. The second-order valence-corrected chi connectivity index (χ2v) is 4.60. The van der Waals surface area contributed by atoms with Crippen LogP contribution in [-0.2, 0) is 9.59 Å². The molecular weight excluding hydrogens is 292 g/mol. The van der Waals surface area contributed by atoms with E-state index >= 15 is 0 Å². The van der Waals surface area contributed by atoms with Gasteiger partial charge in [0.15, 0.2) is 0 Å². The minimum Gasteiger partial charge on any atom is -0.478 e. The fraction of sp³-hybridized carbons (Fsp3) is 0.273. The maximum atomic E-state index is 11.0. The molecule has 0 aromatic rings. The third kappa shape index (κ3) is 3.04.